The zero-order chi connectivity index (χ0) is 10.8. The summed E-state index contributed by atoms with van der Waals surface area (Å²) in [7, 11) is 0. The molecule has 0 saturated carbocycles. The zero-order valence-electron chi connectivity index (χ0n) is 9.78. The zero-order valence-corrected chi connectivity index (χ0v) is 9.78. The molecule has 1 atom stereocenters. The van der Waals surface area contributed by atoms with Crippen LogP contribution in [-0.2, 0) is 6.54 Å². The Morgan fingerprint density at radius 3 is 2.88 bits per heavy atom. The van der Waals surface area contributed by atoms with Crippen LogP contribution in [0.4, 0.5) is 0 Å². The van der Waals surface area contributed by atoms with Gasteiger partial charge in [-0.05, 0) is 37.1 Å². The first-order chi connectivity index (χ1) is 7.93. The first kappa shape index (κ1) is 10.3. The topological polar surface area (TPSA) is 15.3 Å². The Hall–Kier alpha value is -0.860. The summed E-state index contributed by atoms with van der Waals surface area (Å²) in [5.41, 5.74) is 3.08. The Morgan fingerprint density at radius 2 is 2.00 bits per heavy atom. The van der Waals surface area contributed by atoms with Crippen LogP contribution in [0.15, 0.2) is 24.3 Å². The Balaban J connectivity index is 1.76. The minimum Gasteiger partial charge on any atom is -0.312 e. The molecule has 2 heterocycles. The molecular weight excluding hydrogens is 196 g/mol. The molecule has 0 aliphatic carbocycles. The lowest BCUT2D eigenvalue weighted by atomic mass is 9.90. The molecule has 86 valence electrons. The Kier molecular flexibility index (Phi) is 2.94. The summed E-state index contributed by atoms with van der Waals surface area (Å²) in [5.74, 6) is 0.697. The predicted molar refractivity (Wildman–Crippen MR) is 66.6 cm³/mol. The van der Waals surface area contributed by atoms with Crippen molar-refractivity contribution in [2.75, 3.05) is 26.2 Å². The molecule has 3 rings (SSSR count). The van der Waals surface area contributed by atoms with Gasteiger partial charge in [0.15, 0.2) is 0 Å². The fourth-order valence-electron chi connectivity index (χ4n) is 3.02. The number of fused-ring (bicyclic) bond motifs is 1. The molecule has 0 spiro atoms. The molecule has 1 aromatic rings. The van der Waals surface area contributed by atoms with Gasteiger partial charge in [-0.1, -0.05) is 24.3 Å². The molecule has 1 saturated heterocycles. The van der Waals surface area contributed by atoms with Gasteiger partial charge in [0.05, 0.1) is 0 Å². The van der Waals surface area contributed by atoms with Crippen LogP contribution in [0.25, 0.3) is 0 Å². The average molecular weight is 216 g/mol. The lowest BCUT2D eigenvalue weighted by Gasteiger charge is -2.29. The van der Waals surface area contributed by atoms with Crippen LogP contribution in [0.1, 0.15) is 29.9 Å². The highest BCUT2D eigenvalue weighted by atomic mass is 15.1. The minimum atomic E-state index is 0.697. The Bertz CT molecular complexity index is 356. The third-order valence-electron chi connectivity index (χ3n) is 3.88. The van der Waals surface area contributed by atoms with E-state index in [1.54, 1.807) is 5.56 Å². The second-order valence-electron chi connectivity index (χ2n) is 5.03. The van der Waals surface area contributed by atoms with E-state index in [4.69, 9.17) is 0 Å². The highest BCUT2D eigenvalue weighted by Crippen LogP contribution is 2.25. The maximum Gasteiger partial charge on any atom is 0.0208 e. The highest BCUT2D eigenvalue weighted by Gasteiger charge is 2.23. The molecule has 0 aromatic heterocycles. The van der Waals surface area contributed by atoms with Gasteiger partial charge in [-0.15, -0.1) is 0 Å². The van der Waals surface area contributed by atoms with Crippen LogP contribution in [0, 0.1) is 0 Å². The maximum atomic E-state index is 3.54. The molecular formula is C14H20N2. The standard InChI is InChI=1S/C14H20N2/c1-2-6-14-12(5-1)9-15-10-13(14)11-16-7-3-4-8-16/h1-2,5-6,13,15H,3-4,7-11H2. The Labute approximate surface area is 97.6 Å². The smallest absolute Gasteiger partial charge is 0.0208 e. The van der Waals surface area contributed by atoms with Crippen LogP contribution in [0.5, 0.6) is 0 Å². The Morgan fingerprint density at radius 1 is 1.19 bits per heavy atom. The van der Waals surface area contributed by atoms with Crippen molar-refractivity contribution in [2.24, 2.45) is 0 Å². The molecule has 16 heavy (non-hydrogen) atoms. The van der Waals surface area contributed by atoms with E-state index in [-0.39, 0.29) is 0 Å². The van der Waals surface area contributed by atoms with Gasteiger partial charge in [-0.3, -0.25) is 0 Å². The number of likely N-dealkylation sites (tertiary alicyclic amines) is 1. The van der Waals surface area contributed by atoms with Gasteiger partial charge in [-0.2, -0.15) is 0 Å². The van der Waals surface area contributed by atoms with Crippen molar-refractivity contribution in [1.29, 1.82) is 0 Å². The third kappa shape index (κ3) is 2.00. The molecule has 2 nitrogen and oxygen atoms in total. The summed E-state index contributed by atoms with van der Waals surface area (Å²) in [6.45, 7) is 6.04. The van der Waals surface area contributed by atoms with E-state index < -0.39 is 0 Å². The highest BCUT2D eigenvalue weighted by molar-refractivity contribution is 5.32. The number of hydrogen-bond donors (Lipinski definition) is 1. The van der Waals surface area contributed by atoms with E-state index in [2.05, 4.69) is 34.5 Å². The number of nitrogens with one attached hydrogen (secondary N) is 1. The van der Waals surface area contributed by atoms with Gasteiger partial charge in [0.25, 0.3) is 0 Å². The van der Waals surface area contributed by atoms with E-state index >= 15 is 0 Å². The molecule has 0 radical (unpaired) electrons. The van der Waals surface area contributed by atoms with Crippen LogP contribution in [0.3, 0.4) is 0 Å². The van der Waals surface area contributed by atoms with Gasteiger partial charge in [0.1, 0.15) is 0 Å². The molecule has 1 unspecified atom stereocenters. The molecule has 0 bridgehead atoms. The third-order valence-corrected chi connectivity index (χ3v) is 3.88. The van der Waals surface area contributed by atoms with Crippen molar-refractivity contribution in [3.63, 3.8) is 0 Å². The molecule has 2 aliphatic rings. The minimum absolute atomic E-state index is 0.697. The molecule has 1 aromatic carbocycles. The maximum absolute atomic E-state index is 3.54. The normalized spacial score (nSPS) is 25.6. The molecule has 2 aliphatic heterocycles. The summed E-state index contributed by atoms with van der Waals surface area (Å²) < 4.78 is 0. The predicted octanol–water partition coefficient (Wildman–Crippen LogP) is 1.97. The van der Waals surface area contributed by atoms with Gasteiger partial charge < -0.3 is 10.2 Å². The van der Waals surface area contributed by atoms with Gasteiger partial charge in [0, 0.05) is 25.6 Å². The van der Waals surface area contributed by atoms with Gasteiger partial charge in [-0.25, -0.2) is 0 Å². The quantitative estimate of drug-likeness (QED) is 0.813. The number of nitrogens with zero attached hydrogens (tertiary/aromatic N) is 1. The van der Waals surface area contributed by atoms with Crippen molar-refractivity contribution in [3.8, 4) is 0 Å². The first-order valence-electron chi connectivity index (χ1n) is 6.44. The van der Waals surface area contributed by atoms with E-state index in [1.807, 2.05) is 0 Å². The van der Waals surface area contributed by atoms with E-state index in [0.29, 0.717) is 5.92 Å². The van der Waals surface area contributed by atoms with Crippen LogP contribution in [0.2, 0.25) is 0 Å². The molecule has 2 heteroatoms. The summed E-state index contributed by atoms with van der Waals surface area (Å²) >= 11 is 0. The number of hydrogen-bond acceptors (Lipinski definition) is 2. The lowest BCUT2D eigenvalue weighted by molar-refractivity contribution is 0.303. The second kappa shape index (κ2) is 4.56. The van der Waals surface area contributed by atoms with Crippen molar-refractivity contribution in [2.45, 2.75) is 25.3 Å². The largest absolute Gasteiger partial charge is 0.312 e. The lowest BCUT2D eigenvalue weighted by Crippen LogP contribution is -2.35. The fourth-order valence-corrected chi connectivity index (χ4v) is 3.02. The van der Waals surface area contributed by atoms with E-state index in [1.165, 1.54) is 38.0 Å². The second-order valence-corrected chi connectivity index (χ2v) is 5.03. The fraction of sp³-hybridized carbons (Fsp3) is 0.571. The van der Waals surface area contributed by atoms with E-state index in [9.17, 15) is 0 Å². The molecule has 1 N–H and O–H groups in total. The summed E-state index contributed by atoms with van der Waals surface area (Å²) in [4.78, 5) is 2.62. The van der Waals surface area contributed by atoms with E-state index in [0.717, 1.165) is 13.1 Å². The van der Waals surface area contributed by atoms with Gasteiger partial charge in [0.2, 0.25) is 0 Å². The van der Waals surface area contributed by atoms with Gasteiger partial charge >= 0.3 is 0 Å². The van der Waals surface area contributed by atoms with Crippen molar-refractivity contribution < 1.29 is 0 Å². The van der Waals surface area contributed by atoms with Crippen molar-refractivity contribution in [1.82, 2.24) is 10.2 Å². The van der Waals surface area contributed by atoms with Crippen LogP contribution >= 0.6 is 0 Å². The average Bonchev–Trinajstić information content (AvgIpc) is 2.82. The summed E-state index contributed by atoms with van der Waals surface area (Å²) in [5, 5.41) is 3.54. The molecule has 0 amide bonds. The monoisotopic (exact) mass is 216 g/mol. The van der Waals surface area contributed by atoms with Crippen molar-refractivity contribution >= 4 is 0 Å². The molecule has 1 fully saturated rings. The SMILES string of the molecule is c1ccc2c(c1)CNCC2CN1CCCC1. The summed E-state index contributed by atoms with van der Waals surface area (Å²) in [6, 6.07) is 8.91. The van der Waals surface area contributed by atoms with Crippen LogP contribution in [-0.4, -0.2) is 31.1 Å². The van der Waals surface area contributed by atoms with Crippen molar-refractivity contribution in [3.05, 3.63) is 35.4 Å². The number of benzene rings is 1. The first-order valence-corrected chi connectivity index (χ1v) is 6.44. The summed E-state index contributed by atoms with van der Waals surface area (Å²) in [6.07, 6.45) is 2.78. The number of rotatable bonds is 2. The van der Waals surface area contributed by atoms with Crippen LogP contribution < -0.4 is 5.32 Å².